The quantitative estimate of drug-likeness (QED) is 0.865. The summed E-state index contributed by atoms with van der Waals surface area (Å²) in [5.41, 5.74) is 0.387. The van der Waals surface area contributed by atoms with Gasteiger partial charge in [-0.25, -0.2) is 0 Å². The summed E-state index contributed by atoms with van der Waals surface area (Å²) >= 11 is 5.41. The molecule has 0 saturated heterocycles. The first-order valence-corrected chi connectivity index (χ1v) is 6.59. The first kappa shape index (κ1) is 12.2. The van der Waals surface area contributed by atoms with Crippen molar-refractivity contribution in [2.75, 3.05) is 13.6 Å². The second kappa shape index (κ2) is 5.29. The number of rotatable bonds is 5. The lowest BCUT2D eigenvalue weighted by molar-refractivity contribution is 0.325. The molecule has 0 saturated carbocycles. The monoisotopic (exact) mass is 275 g/mol. The molecule has 3 heteroatoms. The zero-order valence-corrected chi connectivity index (χ0v) is 11.5. The van der Waals surface area contributed by atoms with E-state index in [-0.39, 0.29) is 0 Å². The fourth-order valence-electron chi connectivity index (χ4n) is 1.52. The van der Waals surface area contributed by atoms with Gasteiger partial charge in [-0.2, -0.15) is 0 Å². The van der Waals surface area contributed by atoms with E-state index in [9.17, 15) is 0 Å². The van der Waals surface area contributed by atoms with Gasteiger partial charge in [-0.3, -0.25) is 0 Å². The van der Waals surface area contributed by atoms with Gasteiger partial charge in [0.1, 0.15) is 0 Å². The second-order valence-corrected chi connectivity index (χ2v) is 6.24. The van der Waals surface area contributed by atoms with Crippen LogP contribution in [0, 0.1) is 5.41 Å². The lowest BCUT2D eigenvalue weighted by Gasteiger charge is -2.23. The van der Waals surface area contributed by atoms with E-state index < -0.39 is 0 Å². The van der Waals surface area contributed by atoms with Gasteiger partial charge in [0.25, 0.3) is 0 Å². The number of thiophene rings is 1. The number of nitrogens with one attached hydrogen (secondary N) is 1. The molecule has 80 valence electrons. The molecule has 0 unspecified atom stereocenters. The number of hydrogen-bond donors (Lipinski definition) is 1. The van der Waals surface area contributed by atoms with Crippen molar-refractivity contribution in [3.63, 3.8) is 0 Å². The Kier molecular flexibility index (Phi) is 4.61. The summed E-state index contributed by atoms with van der Waals surface area (Å²) in [6.45, 7) is 5.70. The standard InChI is InChI=1S/C11H18BrNS/c1-11(2,8-13-3)6-4-10-9(12)5-7-14-10/h5,7,13H,4,6,8H2,1-3H3. The Morgan fingerprint density at radius 3 is 2.71 bits per heavy atom. The van der Waals surface area contributed by atoms with Crippen molar-refractivity contribution in [3.05, 3.63) is 20.8 Å². The van der Waals surface area contributed by atoms with Crippen LogP contribution in [-0.4, -0.2) is 13.6 Å². The van der Waals surface area contributed by atoms with Crippen molar-refractivity contribution in [1.29, 1.82) is 0 Å². The molecule has 0 radical (unpaired) electrons. The third kappa shape index (κ3) is 3.71. The molecule has 0 fully saturated rings. The predicted octanol–water partition coefficient (Wildman–Crippen LogP) is 3.69. The summed E-state index contributed by atoms with van der Waals surface area (Å²) in [6.07, 6.45) is 2.40. The van der Waals surface area contributed by atoms with Gasteiger partial charge < -0.3 is 5.32 Å². The van der Waals surface area contributed by atoms with Crippen LogP contribution in [0.4, 0.5) is 0 Å². The van der Waals surface area contributed by atoms with Crippen LogP contribution in [0.3, 0.4) is 0 Å². The van der Waals surface area contributed by atoms with E-state index in [1.54, 1.807) is 0 Å². The third-order valence-corrected chi connectivity index (χ3v) is 4.36. The van der Waals surface area contributed by atoms with Crippen LogP contribution in [0.25, 0.3) is 0 Å². The molecule has 1 nitrogen and oxygen atoms in total. The summed E-state index contributed by atoms with van der Waals surface area (Å²) in [5.74, 6) is 0. The van der Waals surface area contributed by atoms with E-state index in [4.69, 9.17) is 0 Å². The summed E-state index contributed by atoms with van der Waals surface area (Å²) in [6, 6.07) is 2.13. The SMILES string of the molecule is CNCC(C)(C)CCc1sccc1Br. The molecule has 1 rings (SSSR count). The van der Waals surface area contributed by atoms with E-state index in [0.29, 0.717) is 5.41 Å². The van der Waals surface area contributed by atoms with Gasteiger partial charge in [0.2, 0.25) is 0 Å². The molecule has 1 heterocycles. The molecule has 0 aromatic carbocycles. The first-order valence-electron chi connectivity index (χ1n) is 4.92. The molecule has 0 aliphatic rings. The minimum Gasteiger partial charge on any atom is -0.319 e. The minimum atomic E-state index is 0.387. The summed E-state index contributed by atoms with van der Waals surface area (Å²) in [5, 5.41) is 5.39. The van der Waals surface area contributed by atoms with Gasteiger partial charge in [0.05, 0.1) is 0 Å². The van der Waals surface area contributed by atoms with E-state index in [2.05, 4.69) is 46.5 Å². The molecule has 0 spiro atoms. The third-order valence-electron chi connectivity index (χ3n) is 2.38. The molecule has 1 aromatic rings. The first-order chi connectivity index (χ1) is 6.55. The van der Waals surface area contributed by atoms with Crippen LogP contribution in [0.1, 0.15) is 25.1 Å². The number of halogens is 1. The lowest BCUT2D eigenvalue weighted by Crippen LogP contribution is -2.27. The zero-order valence-electron chi connectivity index (χ0n) is 9.06. The largest absolute Gasteiger partial charge is 0.319 e. The smallest absolute Gasteiger partial charge is 0.0314 e. The van der Waals surface area contributed by atoms with Crippen LogP contribution in [-0.2, 0) is 6.42 Å². The van der Waals surface area contributed by atoms with E-state index in [1.807, 2.05) is 18.4 Å². The highest BCUT2D eigenvalue weighted by Gasteiger charge is 2.17. The lowest BCUT2D eigenvalue weighted by atomic mass is 9.87. The van der Waals surface area contributed by atoms with Gasteiger partial charge >= 0.3 is 0 Å². The average Bonchev–Trinajstić information content (AvgIpc) is 2.48. The normalized spacial score (nSPS) is 12.0. The molecule has 0 atom stereocenters. The maximum absolute atomic E-state index is 3.57. The maximum Gasteiger partial charge on any atom is 0.0314 e. The van der Waals surface area contributed by atoms with Gasteiger partial charge in [0, 0.05) is 9.35 Å². The molecular formula is C11H18BrNS. The Labute approximate surface area is 99.0 Å². The Bertz CT molecular complexity index is 281. The molecule has 1 aromatic heterocycles. The average molecular weight is 276 g/mol. The molecule has 14 heavy (non-hydrogen) atoms. The highest BCUT2D eigenvalue weighted by Crippen LogP contribution is 2.28. The summed E-state index contributed by atoms with van der Waals surface area (Å²) in [4.78, 5) is 1.47. The predicted molar refractivity (Wildman–Crippen MR) is 68.0 cm³/mol. The highest BCUT2D eigenvalue weighted by atomic mass is 79.9. The maximum atomic E-state index is 3.57. The van der Waals surface area contributed by atoms with Crippen LogP contribution >= 0.6 is 27.3 Å². The van der Waals surface area contributed by atoms with Crippen molar-refractivity contribution < 1.29 is 0 Å². The van der Waals surface area contributed by atoms with Crippen LogP contribution in [0.2, 0.25) is 0 Å². The Morgan fingerprint density at radius 1 is 1.50 bits per heavy atom. The minimum absolute atomic E-state index is 0.387. The van der Waals surface area contributed by atoms with Crippen molar-refractivity contribution in [2.45, 2.75) is 26.7 Å². The summed E-state index contributed by atoms with van der Waals surface area (Å²) < 4.78 is 1.27. The second-order valence-electron chi connectivity index (χ2n) is 4.39. The van der Waals surface area contributed by atoms with E-state index in [1.165, 1.54) is 22.2 Å². The van der Waals surface area contributed by atoms with Crippen LogP contribution < -0.4 is 5.32 Å². The van der Waals surface area contributed by atoms with E-state index in [0.717, 1.165) is 6.54 Å². The van der Waals surface area contributed by atoms with Gasteiger partial charge in [-0.15, -0.1) is 11.3 Å². The molecule has 0 bridgehead atoms. The van der Waals surface area contributed by atoms with Crippen molar-refractivity contribution in [3.8, 4) is 0 Å². The van der Waals surface area contributed by atoms with Crippen molar-refractivity contribution >= 4 is 27.3 Å². The Balaban J connectivity index is 2.44. The van der Waals surface area contributed by atoms with Crippen molar-refractivity contribution in [2.24, 2.45) is 5.41 Å². The van der Waals surface area contributed by atoms with Crippen LogP contribution in [0.15, 0.2) is 15.9 Å². The molecule has 0 aliphatic heterocycles. The van der Waals surface area contributed by atoms with E-state index >= 15 is 0 Å². The van der Waals surface area contributed by atoms with Gasteiger partial charge in [-0.05, 0) is 59.2 Å². The molecule has 1 N–H and O–H groups in total. The topological polar surface area (TPSA) is 12.0 Å². The highest BCUT2D eigenvalue weighted by molar-refractivity contribution is 9.10. The van der Waals surface area contributed by atoms with Gasteiger partial charge in [-0.1, -0.05) is 13.8 Å². The van der Waals surface area contributed by atoms with Crippen molar-refractivity contribution in [1.82, 2.24) is 5.32 Å². The van der Waals surface area contributed by atoms with Crippen LogP contribution in [0.5, 0.6) is 0 Å². The fourth-order valence-corrected chi connectivity index (χ4v) is 3.08. The fraction of sp³-hybridized carbons (Fsp3) is 0.636. The Hall–Kier alpha value is 0.140. The summed E-state index contributed by atoms with van der Waals surface area (Å²) in [7, 11) is 2.02. The number of hydrogen-bond acceptors (Lipinski definition) is 2. The molecule has 0 amide bonds. The zero-order chi connectivity index (χ0) is 10.6. The van der Waals surface area contributed by atoms with Gasteiger partial charge in [0.15, 0.2) is 0 Å². The Morgan fingerprint density at radius 2 is 2.21 bits per heavy atom. The number of aryl methyl sites for hydroxylation is 1. The molecular weight excluding hydrogens is 258 g/mol. The molecule has 0 aliphatic carbocycles.